The van der Waals surface area contributed by atoms with Gasteiger partial charge in [0.1, 0.15) is 6.61 Å². The highest BCUT2D eigenvalue weighted by atomic mass is 16.6. The third kappa shape index (κ3) is 2.48. The number of ether oxygens (including phenoxy) is 1. The summed E-state index contributed by atoms with van der Waals surface area (Å²) in [6.07, 6.45) is 2.07. The van der Waals surface area contributed by atoms with Crippen LogP contribution in [0.4, 0.5) is 4.79 Å². The van der Waals surface area contributed by atoms with Gasteiger partial charge in [0.05, 0.1) is 5.41 Å². The van der Waals surface area contributed by atoms with E-state index in [0.717, 1.165) is 18.4 Å². The predicted octanol–water partition coefficient (Wildman–Crippen LogP) is 2.51. The topological polar surface area (TPSA) is 66.8 Å². The maximum Gasteiger partial charge on any atom is 0.410 e. The van der Waals surface area contributed by atoms with Gasteiger partial charge < -0.3 is 14.7 Å². The van der Waals surface area contributed by atoms with E-state index in [4.69, 9.17) is 4.74 Å². The number of carboxylic acid groups (broad SMARTS) is 1. The van der Waals surface area contributed by atoms with Crippen molar-refractivity contribution in [2.75, 3.05) is 13.1 Å². The molecule has 2 atom stereocenters. The molecule has 3 rings (SSSR count). The number of carbonyl (C=O) groups excluding carboxylic acids is 1. The first-order valence-corrected chi connectivity index (χ1v) is 7.31. The van der Waals surface area contributed by atoms with Crippen LogP contribution in [0.5, 0.6) is 0 Å². The van der Waals surface area contributed by atoms with Crippen LogP contribution >= 0.6 is 0 Å². The molecule has 0 spiro atoms. The molecule has 1 saturated heterocycles. The first kappa shape index (κ1) is 13.9. The molecular weight excluding hydrogens is 270 g/mol. The van der Waals surface area contributed by atoms with Crippen LogP contribution in [0, 0.1) is 11.3 Å². The van der Waals surface area contributed by atoms with Gasteiger partial charge in [-0.1, -0.05) is 36.8 Å². The van der Waals surface area contributed by atoms with Crippen LogP contribution in [0.3, 0.4) is 0 Å². The SMILES string of the molecule is O=C(OCc1ccccc1)N1C[C@H]2CCC[C@]2(C(=O)O)C1. The number of aliphatic carboxylic acids is 1. The Balaban J connectivity index is 1.61. The Bertz CT molecular complexity index is 544. The minimum atomic E-state index is -0.775. The standard InChI is InChI=1S/C16H19NO4/c18-14(19)16-8-4-7-13(16)9-17(11-16)15(20)21-10-12-5-2-1-3-6-12/h1-3,5-6,13H,4,7-11H2,(H,18,19)/t13-,16+/m1/s1. The Hall–Kier alpha value is -2.04. The smallest absolute Gasteiger partial charge is 0.410 e. The molecule has 1 saturated carbocycles. The second-order valence-electron chi connectivity index (χ2n) is 5.97. The number of fused-ring (bicyclic) bond motifs is 1. The maximum atomic E-state index is 12.1. The lowest BCUT2D eigenvalue weighted by Gasteiger charge is -2.23. The van der Waals surface area contributed by atoms with Gasteiger partial charge in [-0.15, -0.1) is 0 Å². The number of carboxylic acids is 1. The van der Waals surface area contributed by atoms with E-state index < -0.39 is 17.5 Å². The molecule has 21 heavy (non-hydrogen) atoms. The van der Waals surface area contributed by atoms with Crippen LogP contribution < -0.4 is 0 Å². The lowest BCUT2D eigenvalue weighted by Crippen LogP contribution is -2.37. The fraction of sp³-hybridized carbons (Fsp3) is 0.500. The van der Waals surface area contributed by atoms with Crippen LogP contribution in [0.1, 0.15) is 24.8 Å². The van der Waals surface area contributed by atoms with Crippen molar-refractivity contribution >= 4 is 12.1 Å². The largest absolute Gasteiger partial charge is 0.481 e. The molecule has 1 aromatic carbocycles. The van der Waals surface area contributed by atoms with E-state index in [0.29, 0.717) is 13.0 Å². The first-order valence-electron chi connectivity index (χ1n) is 7.31. The zero-order valence-electron chi connectivity index (χ0n) is 11.8. The number of nitrogens with zero attached hydrogens (tertiary/aromatic N) is 1. The zero-order chi connectivity index (χ0) is 14.9. The Morgan fingerprint density at radius 1 is 1.33 bits per heavy atom. The number of likely N-dealkylation sites (tertiary alicyclic amines) is 1. The molecule has 112 valence electrons. The molecule has 1 aromatic rings. The summed E-state index contributed by atoms with van der Waals surface area (Å²) in [6.45, 7) is 1.00. The minimum Gasteiger partial charge on any atom is -0.481 e. The van der Waals surface area contributed by atoms with Crippen LogP contribution in [-0.2, 0) is 16.1 Å². The highest BCUT2D eigenvalue weighted by Gasteiger charge is 2.56. The number of rotatable bonds is 3. The van der Waals surface area contributed by atoms with Crippen molar-refractivity contribution in [1.29, 1.82) is 0 Å². The lowest BCUT2D eigenvalue weighted by molar-refractivity contribution is -0.149. The van der Waals surface area contributed by atoms with E-state index in [1.165, 1.54) is 0 Å². The highest BCUT2D eigenvalue weighted by molar-refractivity contribution is 5.78. The maximum absolute atomic E-state index is 12.1. The van der Waals surface area contributed by atoms with Gasteiger partial charge >= 0.3 is 12.1 Å². The molecule has 0 unspecified atom stereocenters. The van der Waals surface area contributed by atoms with Gasteiger partial charge in [0, 0.05) is 13.1 Å². The number of amides is 1. The van der Waals surface area contributed by atoms with E-state index in [1.54, 1.807) is 4.90 Å². The summed E-state index contributed by atoms with van der Waals surface area (Å²) in [5.74, 6) is -0.706. The third-order valence-electron chi connectivity index (χ3n) is 4.76. The first-order chi connectivity index (χ1) is 10.1. The predicted molar refractivity (Wildman–Crippen MR) is 75.6 cm³/mol. The number of hydrogen-bond acceptors (Lipinski definition) is 3. The Kier molecular flexibility index (Phi) is 3.57. The number of hydrogen-bond donors (Lipinski definition) is 1. The summed E-state index contributed by atoms with van der Waals surface area (Å²) >= 11 is 0. The number of benzene rings is 1. The van der Waals surface area contributed by atoms with Crippen LogP contribution in [0.15, 0.2) is 30.3 Å². The molecule has 2 fully saturated rings. The average molecular weight is 289 g/mol. The molecule has 1 amide bonds. The summed E-state index contributed by atoms with van der Waals surface area (Å²) in [7, 11) is 0. The van der Waals surface area contributed by atoms with Crippen LogP contribution in [-0.4, -0.2) is 35.2 Å². The van der Waals surface area contributed by atoms with E-state index in [2.05, 4.69) is 0 Å². The van der Waals surface area contributed by atoms with Crippen molar-refractivity contribution in [2.45, 2.75) is 25.9 Å². The van der Waals surface area contributed by atoms with E-state index >= 15 is 0 Å². The molecule has 1 aliphatic carbocycles. The van der Waals surface area contributed by atoms with E-state index in [9.17, 15) is 14.7 Å². The van der Waals surface area contributed by atoms with Crippen LogP contribution in [0.25, 0.3) is 0 Å². The van der Waals surface area contributed by atoms with Crippen molar-refractivity contribution in [3.05, 3.63) is 35.9 Å². The van der Waals surface area contributed by atoms with Gasteiger partial charge in [-0.05, 0) is 24.3 Å². The molecule has 1 heterocycles. The molecule has 5 heteroatoms. The van der Waals surface area contributed by atoms with Crippen molar-refractivity contribution < 1.29 is 19.4 Å². The average Bonchev–Trinajstić information content (AvgIpc) is 3.03. The molecule has 0 radical (unpaired) electrons. The molecule has 0 bridgehead atoms. The summed E-state index contributed by atoms with van der Waals surface area (Å²) in [4.78, 5) is 25.3. The Morgan fingerprint density at radius 2 is 2.10 bits per heavy atom. The fourth-order valence-electron chi connectivity index (χ4n) is 3.59. The van der Waals surface area contributed by atoms with Crippen LogP contribution in [0.2, 0.25) is 0 Å². The van der Waals surface area contributed by atoms with Crippen molar-refractivity contribution in [2.24, 2.45) is 11.3 Å². The third-order valence-corrected chi connectivity index (χ3v) is 4.76. The monoisotopic (exact) mass is 289 g/mol. The van der Waals surface area contributed by atoms with Gasteiger partial charge in [-0.3, -0.25) is 4.79 Å². The van der Waals surface area contributed by atoms with Gasteiger partial charge in [0.25, 0.3) is 0 Å². The quantitative estimate of drug-likeness (QED) is 0.928. The van der Waals surface area contributed by atoms with Gasteiger partial charge in [0.2, 0.25) is 0 Å². The molecule has 1 aliphatic heterocycles. The number of carbonyl (C=O) groups is 2. The van der Waals surface area contributed by atoms with E-state index in [-0.39, 0.29) is 19.1 Å². The van der Waals surface area contributed by atoms with Gasteiger partial charge in [-0.25, -0.2) is 4.79 Å². The Labute approximate surface area is 123 Å². The van der Waals surface area contributed by atoms with Gasteiger partial charge in [-0.2, -0.15) is 0 Å². The molecule has 2 aliphatic rings. The second-order valence-corrected chi connectivity index (χ2v) is 5.97. The highest BCUT2D eigenvalue weighted by Crippen LogP contribution is 2.48. The fourth-order valence-corrected chi connectivity index (χ4v) is 3.59. The molecule has 1 N–H and O–H groups in total. The van der Waals surface area contributed by atoms with Crippen molar-refractivity contribution in [3.63, 3.8) is 0 Å². The van der Waals surface area contributed by atoms with E-state index in [1.807, 2.05) is 30.3 Å². The second kappa shape index (κ2) is 5.39. The normalized spacial score (nSPS) is 27.4. The van der Waals surface area contributed by atoms with Crippen molar-refractivity contribution in [3.8, 4) is 0 Å². The summed E-state index contributed by atoms with van der Waals surface area (Å²) in [5.41, 5.74) is 0.185. The lowest BCUT2D eigenvalue weighted by atomic mass is 9.81. The summed E-state index contributed by atoms with van der Waals surface area (Å²) in [6, 6.07) is 9.48. The molecule has 0 aromatic heterocycles. The summed E-state index contributed by atoms with van der Waals surface area (Å²) < 4.78 is 5.30. The van der Waals surface area contributed by atoms with Crippen molar-refractivity contribution in [1.82, 2.24) is 4.90 Å². The Morgan fingerprint density at radius 3 is 2.76 bits per heavy atom. The zero-order valence-corrected chi connectivity index (χ0v) is 11.8. The summed E-state index contributed by atoms with van der Waals surface area (Å²) in [5, 5.41) is 9.50. The molecule has 5 nitrogen and oxygen atoms in total. The minimum absolute atomic E-state index is 0.0688. The molecular formula is C16H19NO4. The van der Waals surface area contributed by atoms with Gasteiger partial charge in [0.15, 0.2) is 0 Å².